The van der Waals surface area contributed by atoms with Gasteiger partial charge in [-0.1, -0.05) is 35.9 Å². The molecule has 0 aromatic heterocycles. The third-order valence-corrected chi connectivity index (χ3v) is 7.72. The molecule has 1 amide bonds. The molecular weight excluding hydrogens is 434 g/mol. The second kappa shape index (κ2) is 10.1. The van der Waals surface area contributed by atoms with E-state index in [1.165, 1.54) is 21.6 Å². The number of nitrogens with zero attached hydrogens (tertiary/aromatic N) is 2. The van der Waals surface area contributed by atoms with E-state index in [2.05, 4.69) is 78.5 Å². The third kappa shape index (κ3) is 5.06. The van der Waals surface area contributed by atoms with Crippen molar-refractivity contribution >= 4 is 23.9 Å². The summed E-state index contributed by atoms with van der Waals surface area (Å²) in [4.78, 5) is 15.2. The molecule has 0 radical (unpaired) electrons. The Morgan fingerprint density at radius 1 is 1.23 bits per heavy atom. The van der Waals surface area contributed by atoms with Gasteiger partial charge in [-0.25, -0.2) is 0 Å². The van der Waals surface area contributed by atoms with Gasteiger partial charge in [0.05, 0.1) is 12.0 Å². The molecule has 3 aliphatic heterocycles. The summed E-state index contributed by atoms with van der Waals surface area (Å²) in [7, 11) is 0. The molecular formula is C29H35N5O. The number of allylic oxidation sites excluding steroid dienone is 4. The monoisotopic (exact) mass is 469 g/mol. The van der Waals surface area contributed by atoms with Crippen molar-refractivity contribution in [3.8, 4) is 6.07 Å². The van der Waals surface area contributed by atoms with Crippen molar-refractivity contribution in [3.05, 3.63) is 63.6 Å². The first-order chi connectivity index (χ1) is 17.0. The Labute approximate surface area is 207 Å². The van der Waals surface area contributed by atoms with Crippen molar-refractivity contribution in [2.24, 2.45) is 5.92 Å². The van der Waals surface area contributed by atoms with E-state index in [9.17, 15) is 10.1 Å². The van der Waals surface area contributed by atoms with Gasteiger partial charge in [-0.15, -0.1) is 0 Å². The van der Waals surface area contributed by atoms with E-state index in [1.807, 2.05) is 11.0 Å². The molecule has 1 aromatic carbocycles. The van der Waals surface area contributed by atoms with Crippen LogP contribution >= 0.6 is 0 Å². The van der Waals surface area contributed by atoms with E-state index in [1.54, 1.807) is 0 Å². The van der Waals surface area contributed by atoms with Crippen LogP contribution in [0.1, 0.15) is 44.6 Å². The van der Waals surface area contributed by atoms with E-state index in [4.69, 9.17) is 0 Å². The van der Waals surface area contributed by atoms with Crippen LogP contribution in [-0.2, 0) is 4.79 Å². The van der Waals surface area contributed by atoms with Crippen molar-refractivity contribution in [2.45, 2.75) is 51.1 Å². The number of anilines is 1. The normalized spacial score (nSPS) is 26.2. The van der Waals surface area contributed by atoms with Gasteiger partial charge in [-0.05, 0) is 56.0 Å². The first-order valence-corrected chi connectivity index (χ1v) is 12.8. The predicted molar refractivity (Wildman–Crippen MR) is 141 cm³/mol. The van der Waals surface area contributed by atoms with Gasteiger partial charge in [0.25, 0.3) is 0 Å². The fourth-order valence-corrected chi connectivity index (χ4v) is 5.68. The third-order valence-electron chi connectivity index (χ3n) is 7.72. The molecule has 0 spiro atoms. The Morgan fingerprint density at radius 2 is 2.06 bits per heavy atom. The molecule has 5 rings (SSSR count). The summed E-state index contributed by atoms with van der Waals surface area (Å²) in [6.45, 7) is 7.34. The topological polar surface area (TPSA) is 80.2 Å². The molecule has 3 N–H and O–H groups in total. The lowest BCUT2D eigenvalue weighted by Crippen LogP contribution is -2.49. The van der Waals surface area contributed by atoms with E-state index in [0.717, 1.165) is 56.7 Å². The predicted octanol–water partition coefficient (Wildman–Crippen LogP) is 2.26. The van der Waals surface area contributed by atoms with Crippen molar-refractivity contribution in [1.29, 1.82) is 5.26 Å². The number of nitriles is 1. The Morgan fingerprint density at radius 3 is 2.83 bits per heavy atom. The molecule has 0 bridgehead atoms. The van der Waals surface area contributed by atoms with Gasteiger partial charge in [-0.3, -0.25) is 4.79 Å². The van der Waals surface area contributed by atoms with E-state index in [0.29, 0.717) is 12.1 Å². The molecule has 35 heavy (non-hydrogen) atoms. The van der Waals surface area contributed by atoms with Gasteiger partial charge < -0.3 is 20.9 Å². The number of rotatable bonds is 4. The Kier molecular flexibility index (Phi) is 6.79. The molecule has 3 heterocycles. The summed E-state index contributed by atoms with van der Waals surface area (Å²) in [6.07, 6.45) is 15.4. The van der Waals surface area contributed by atoms with Crippen molar-refractivity contribution < 1.29 is 4.79 Å². The Bertz CT molecular complexity index is 1240. The highest BCUT2D eigenvalue weighted by atomic mass is 16.2. The number of piperidine rings is 1. The lowest BCUT2D eigenvalue weighted by molar-refractivity contribution is -0.135. The maximum absolute atomic E-state index is 13.2. The van der Waals surface area contributed by atoms with Crippen molar-refractivity contribution in [3.63, 3.8) is 0 Å². The SMILES string of the molecule is CC1=CC(C)NCC1C(=O)N1CCC(Nc2cc(C3C=C(C#N)C=CC3)cc3c2=CNCC=3)CC1. The van der Waals surface area contributed by atoms with Gasteiger partial charge in [0, 0.05) is 66.9 Å². The molecule has 1 aromatic rings. The molecule has 1 saturated heterocycles. The highest BCUT2D eigenvalue weighted by Crippen LogP contribution is 2.28. The average Bonchev–Trinajstić information content (AvgIpc) is 2.89. The minimum absolute atomic E-state index is 0.0356. The van der Waals surface area contributed by atoms with E-state index < -0.39 is 0 Å². The quantitative estimate of drug-likeness (QED) is 0.590. The number of carbonyl (C=O) groups is 1. The highest BCUT2D eigenvalue weighted by Gasteiger charge is 2.31. The number of benzene rings is 1. The maximum Gasteiger partial charge on any atom is 0.231 e. The first kappa shape index (κ1) is 23.4. The van der Waals surface area contributed by atoms with Crippen LogP contribution in [0.2, 0.25) is 0 Å². The van der Waals surface area contributed by atoms with Gasteiger partial charge in [0.1, 0.15) is 0 Å². The molecule has 182 valence electrons. The Hall–Kier alpha value is -3.30. The fraction of sp³-hybridized carbons (Fsp3) is 0.448. The largest absolute Gasteiger partial charge is 0.387 e. The number of carbonyl (C=O) groups excluding carboxylic acids is 1. The average molecular weight is 470 g/mol. The number of fused-ring (bicyclic) bond motifs is 1. The fourth-order valence-electron chi connectivity index (χ4n) is 5.68. The standard InChI is InChI=1S/C29H35N5O/c1-19-12-20(2)32-18-26(19)29(35)34-10-7-25(8-11-34)33-28-15-24(14-23-6-9-31-17-27(23)28)22-5-3-4-21(13-22)16-30/h3-4,6,12-15,17,20,22,25-26,31-33H,5,7-11,18H2,1-2H3. The summed E-state index contributed by atoms with van der Waals surface area (Å²) in [5.74, 6) is 0.437. The second-order valence-electron chi connectivity index (χ2n) is 10.2. The van der Waals surface area contributed by atoms with Crippen LogP contribution in [0.4, 0.5) is 5.69 Å². The van der Waals surface area contributed by atoms with Crippen molar-refractivity contribution in [1.82, 2.24) is 15.5 Å². The summed E-state index contributed by atoms with van der Waals surface area (Å²) >= 11 is 0. The smallest absolute Gasteiger partial charge is 0.231 e. The van der Waals surface area contributed by atoms with E-state index in [-0.39, 0.29) is 17.7 Å². The van der Waals surface area contributed by atoms with Crippen LogP contribution in [0, 0.1) is 17.2 Å². The molecule has 0 saturated carbocycles. The Balaban J connectivity index is 1.30. The molecule has 1 aliphatic carbocycles. The maximum atomic E-state index is 13.2. The summed E-state index contributed by atoms with van der Waals surface area (Å²) in [5, 5.41) is 22.4. The number of nitrogens with one attached hydrogen (secondary N) is 3. The lowest BCUT2D eigenvalue weighted by atomic mass is 9.88. The number of hydrogen-bond donors (Lipinski definition) is 3. The molecule has 4 aliphatic rings. The van der Waals surface area contributed by atoms with E-state index >= 15 is 0 Å². The van der Waals surface area contributed by atoms with Crippen LogP contribution in [0.3, 0.4) is 0 Å². The number of amides is 1. The summed E-state index contributed by atoms with van der Waals surface area (Å²) in [6, 6.07) is 7.47. The first-order valence-electron chi connectivity index (χ1n) is 12.8. The zero-order chi connectivity index (χ0) is 24.4. The van der Waals surface area contributed by atoms with Gasteiger partial charge >= 0.3 is 0 Å². The highest BCUT2D eigenvalue weighted by molar-refractivity contribution is 5.82. The number of hydrogen-bond acceptors (Lipinski definition) is 5. The van der Waals surface area contributed by atoms with Crippen molar-refractivity contribution in [2.75, 3.05) is 31.5 Å². The second-order valence-corrected chi connectivity index (χ2v) is 10.2. The molecule has 3 unspecified atom stereocenters. The minimum atomic E-state index is -0.0356. The zero-order valence-corrected chi connectivity index (χ0v) is 20.7. The van der Waals surface area contributed by atoms with Gasteiger partial charge in [0.2, 0.25) is 5.91 Å². The van der Waals surface area contributed by atoms with Crippen LogP contribution in [0.15, 0.2) is 47.6 Å². The lowest BCUT2D eigenvalue weighted by Gasteiger charge is -2.36. The van der Waals surface area contributed by atoms with Gasteiger partial charge in [-0.2, -0.15) is 5.26 Å². The van der Waals surface area contributed by atoms with Crippen LogP contribution in [0.5, 0.6) is 0 Å². The molecule has 1 fully saturated rings. The molecule has 6 nitrogen and oxygen atoms in total. The van der Waals surface area contributed by atoms with Crippen LogP contribution in [-0.4, -0.2) is 49.1 Å². The van der Waals surface area contributed by atoms with Gasteiger partial charge in [0.15, 0.2) is 0 Å². The number of likely N-dealkylation sites (tertiary alicyclic amines) is 1. The van der Waals surface area contributed by atoms with Crippen LogP contribution < -0.4 is 26.4 Å². The summed E-state index contributed by atoms with van der Waals surface area (Å²) in [5.41, 5.74) is 4.30. The zero-order valence-electron chi connectivity index (χ0n) is 20.7. The molecule has 3 atom stereocenters. The molecule has 6 heteroatoms. The minimum Gasteiger partial charge on any atom is -0.387 e. The summed E-state index contributed by atoms with van der Waals surface area (Å²) < 4.78 is 0. The van der Waals surface area contributed by atoms with Crippen LogP contribution in [0.25, 0.3) is 12.3 Å².